The summed E-state index contributed by atoms with van der Waals surface area (Å²) in [7, 11) is -2.79. The Kier molecular flexibility index (Phi) is 6.47. The van der Waals surface area contributed by atoms with Crippen molar-refractivity contribution in [2.75, 3.05) is 0 Å². The van der Waals surface area contributed by atoms with Gasteiger partial charge in [-0.15, -0.1) is 0 Å². The van der Waals surface area contributed by atoms with Gasteiger partial charge in [-0.3, -0.25) is 0 Å². The number of benzene rings is 9. The minimum atomic E-state index is -2.79. The topological polar surface area (TPSA) is 13.2 Å². The number of fused-ring (bicyclic) bond motifs is 13. The van der Waals surface area contributed by atoms with Crippen molar-refractivity contribution in [2.45, 2.75) is 0 Å². The predicted octanol–water partition coefficient (Wildman–Crippen LogP) is 10.7. The van der Waals surface area contributed by atoms with Crippen molar-refractivity contribution in [1.29, 1.82) is 0 Å². The van der Waals surface area contributed by atoms with Crippen LogP contribution in [0, 0.1) is 0 Å². The van der Waals surface area contributed by atoms with Crippen LogP contribution in [0.3, 0.4) is 0 Å². The second-order valence-corrected chi connectivity index (χ2v) is 19.4. The Hall–Kier alpha value is -7.40. The fourth-order valence-corrected chi connectivity index (χ4v) is 15.4. The van der Waals surface area contributed by atoms with Crippen LogP contribution >= 0.6 is 0 Å². The van der Waals surface area contributed by atoms with Crippen LogP contribution in [0.25, 0.3) is 82.0 Å². The molecule has 0 N–H and O–H groups in total. The Balaban J connectivity index is 1.30. The van der Waals surface area contributed by atoms with Gasteiger partial charge < -0.3 is 13.2 Å². The van der Waals surface area contributed by atoms with E-state index >= 15 is 0 Å². The first kappa shape index (κ1) is 31.8. The van der Waals surface area contributed by atoms with E-state index in [9.17, 15) is 0 Å². The molecule has 4 heteroatoms. The van der Waals surface area contributed by atoms with Crippen LogP contribution in [0.15, 0.2) is 212 Å². The lowest BCUT2D eigenvalue weighted by Crippen LogP contribution is -2.74. The Labute approximate surface area is 334 Å². The quantitative estimate of drug-likeness (QED) is 0.125. The van der Waals surface area contributed by atoms with E-state index < -0.39 is 8.07 Å². The molecule has 4 heterocycles. The average Bonchev–Trinajstić information content (AvgIpc) is 3.94. The standard InChI is InChI=1S/C54H35N3Si/c1-4-17-36(18-5-1)58(37-19-6-2-7-20-37,38-21-8-3-9-22-38)39-31-34-48-45(35-39)42-25-16-30-51-52(42)55(48)49-28-14-15-29-50(49)56-46-26-12-10-23-40(46)43-32-33-44-41-24-11-13-27-47(41)57(51)54(44)53(43)56/h1-35H. The second-order valence-electron chi connectivity index (χ2n) is 15.6. The van der Waals surface area contributed by atoms with Crippen LogP contribution in [0.2, 0.25) is 0 Å². The molecule has 0 bridgehead atoms. The van der Waals surface area contributed by atoms with Crippen LogP contribution < -0.4 is 20.7 Å². The third-order valence-electron chi connectivity index (χ3n) is 12.9. The molecule has 0 aliphatic heterocycles. The van der Waals surface area contributed by atoms with Crippen molar-refractivity contribution in [3.63, 3.8) is 0 Å². The summed E-state index contributed by atoms with van der Waals surface area (Å²) in [4.78, 5) is 0. The van der Waals surface area contributed by atoms with E-state index in [1.807, 2.05) is 0 Å². The van der Waals surface area contributed by atoms with E-state index in [1.54, 1.807) is 0 Å². The van der Waals surface area contributed by atoms with Gasteiger partial charge in [0.05, 0.1) is 49.7 Å². The van der Waals surface area contributed by atoms with Gasteiger partial charge in [-0.25, -0.2) is 0 Å². The third kappa shape index (κ3) is 4.01. The Morgan fingerprint density at radius 1 is 0.224 bits per heavy atom. The molecule has 3 nitrogen and oxygen atoms in total. The van der Waals surface area contributed by atoms with Crippen molar-refractivity contribution in [3.8, 4) is 0 Å². The Bertz CT molecular complexity index is 3690. The van der Waals surface area contributed by atoms with Crippen molar-refractivity contribution < 1.29 is 0 Å². The normalized spacial score (nSPS) is 12.5. The molecule has 0 atom stereocenters. The van der Waals surface area contributed by atoms with Gasteiger partial charge in [-0.1, -0.05) is 176 Å². The summed E-state index contributed by atoms with van der Waals surface area (Å²) in [6, 6.07) is 79.7. The van der Waals surface area contributed by atoms with Gasteiger partial charge in [0.15, 0.2) is 8.07 Å². The summed E-state index contributed by atoms with van der Waals surface area (Å²) >= 11 is 0. The van der Waals surface area contributed by atoms with E-state index in [1.165, 1.54) is 97.2 Å². The fourth-order valence-electron chi connectivity index (χ4n) is 10.6. The highest BCUT2D eigenvalue weighted by molar-refractivity contribution is 7.20. The van der Waals surface area contributed by atoms with Crippen LogP contribution in [0.5, 0.6) is 0 Å². The van der Waals surface area contributed by atoms with Gasteiger partial charge >= 0.3 is 0 Å². The number of hydrogen-bond acceptors (Lipinski definition) is 0. The van der Waals surface area contributed by atoms with Crippen molar-refractivity contribution >= 4 is 111 Å². The van der Waals surface area contributed by atoms with Gasteiger partial charge in [0, 0.05) is 32.3 Å². The molecule has 0 radical (unpaired) electrons. The maximum atomic E-state index is 2.56. The van der Waals surface area contributed by atoms with Crippen LogP contribution in [0.1, 0.15) is 0 Å². The first-order chi connectivity index (χ1) is 28.8. The monoisotopic (exact) mass is 753 g/mol. The number of rotatable bonds is 4. The third-order valence-corrected chi connectivity index (χ3v) is 17.7. The summed E-state index contributed by atoms with van der Waals surface area (Å²) in [5.74, 6) is 0. The summed E-state index contributed by atoms with van der Waals surface area (Å²) in [5.41, 5.74) is 10.8. The smallest absolute Gasteiger partial charge is 0.179 e. The van der Waals surface area contributed by atoms with Crippen molar-refractivity contribution in [1.82, 2.24) is 13.2 Å². The largest absolute Gasteiger partial charge is 0.305 e. The lowest BCUT2D eigenvalue weighted by molar-refractivity contribution is 1.30. The van der Waals surface area contributed by atoms with E-state index in [0.717, 1.165) is 5.52 Å². The van der Waals surface area contributed by atoms with Crippen LogP contribution in [-0.2, 0) is 0 Å². The zero-order valence-electron chi connectivity index (χ0n) is 31.5. The molecule has 58 heavy (non-hydrogen) atoms. The SMILES string of the molecule is c1ccc([Si](c2ccccc2)(c2ccccc2)c2ccc3c(c2)c2cccc4c2n3c2ccccc2n2c3ccccc3c3ccc5c6ccccc6n4c5c32)cc1. The zero-order chi connectivity index (χ0) is 38.0. The maximum Gasteiger partial charge on any atom is 0.179 e. The van der Waals surface area contributed by atoms with Gasteiger partial charge in [0.1, 0.15) is 0 Å². The molecule has 0 aliphatic carbocycles. The van der Waals surface area contributed by atoms with Gasteiger partial charge in [-0.05, 0) is 57.1 Å². The number of nitrogens with zero attached hydrogens (tertiary/aromatic N) is 3. The maximum absolute atomic E-state index is 2.79. The minimum absolute atomic E-state index is 1.16. The summed E-state index contributed by atoms with van der Waals surface area (Å²) < 4.78 is 7.65. The van der Waals surface area contributed by atoms with Crippen LogP contribution in [0.4, 0.5) is 0 Å². The molecule has 0 amide bonds. The second kappa shape index (κ2) is 11.8. The van der Waals surface area contributed by atoms with E-state index in [-0.39, 0.29) is 0 Å². The van der Waals surface area contributed by atoms with Crippen LogP contribution in [-0.4, -0.2) is 21.3 Å². The number of hydrogen-bond donors (Lipinski definition) is 0. The lowest BCUT2D eigenvalue weighted by atomic mass is 10.1. The highest BCUT2D eigenvalue weighted by Crippen LogP contribution is 2.42. The molecule has 0 saturated carbocycles. The van der Waals surface area contributed by atoms with E-state index in [4.69, 9.17) is 0 Å². The van der Waals surface area contributed by atoms with E-state index in [0.29, 0.717) is 0 Å². The van der Waals surface area contributed by atoms with Crippen molar-refractivity contribution in [3.05, 3.63) is 212 Å². The van der Waals surface area contributed by atoms with Gasteiger partial charge in [0.25, 0.3) is 0 Å². The minimum Gasteiger partial charge on any atom is -0.305 e. The summed E-state index contributed by atoms with van der Waals surface area (Å²) in [6.07, 6.45) is 0. The van der Waals surface area contributed by atoms with Gasteiger partial charge in [-0.2, -0.15) is 0 Å². The molecule has 0 spiro atoms. The van der Waals surface area contributed by atoms with Crippen molar-refractivity contribution in [2.24, 2.45) is 0 Å². The molecule has 0 aliphatic rings. The molecule has 0 unspecified atom stereocenters. The highest BCUT2D eigenvalue weighted by atomic mass is 28.3. The molecule has 13 aromatic rings. The summed E-state index contributed by atoms with van der Waals surface area (Å²) in [6.45, 7) is 0. The zero-order valence-corrected chi connectivity index (χ0v) is 32.5. The molecule has 0 fully saturated rings. The van der Waals surface area contributed by atoms with Gasteiger partial charge in [0.2, 0.25) is 0 Å². The predicted molar refractivity (Wildman–Crippen MR) is 248 cm³/mol. The molecular weight excluding hydrogens is 719 g/mol. The molecule has 4 aromatic heterocycles. The molecule has 0 saturated heterocycles. The fraction of sp³-hybridized carbons (Fsp3) is 0. The first-order valence-corrected chi connectivity index (χ1v) is 22.1. The Morgan fingerprint density at radius 3 is 1.14 bits per heavy atom. The number of para-hydroxylation sites is 5. The average molecular weight is 754 g/mol. The lowest BCUT2D eigenvalue weighted by Gasteiger charge is -2.34. The summed E-state index contributed by atoms with van der Waals surface area (Å²) in [5, 5.41) is 13.0. The Morgan fingerprint density at radius 2 is 0.603 bits per heavy atom. The molecular formula is C54H35N3Si. The highest BCUT2D eigenvalue weighted by Gasteiger charge is 2.41. The first-order valence-electron chi connectivity index (χ1n) is 20.1. The molecule has 270 valence electrons. The van der Waals surface area contributed by atoms with E-state index in [2.05, 4.69) is 226 Å². The molecule has 9 aromatic carbocycles. The number of aromatic nitrogens is 3. The molecule has 13 rings (SSSR count).